The molecule has 46 valence electrons. The lowest BCUT2D eigenvalue weighted by molar-refractivity contribution is 0.327. The molecule has 0 radical (unpaired) electrons. The van der Waals surface area contributed by atoms with E-state index in [0.29, 0.717) is 0 Å². The van der Waals surface area contributed by atoms with E-state index < -0.39 is 5.54 Å². The monoisotopic (exact) mass is 132 g/mol. The van der Waals surface area contributed by atoms with Gasteiger partial charge in [0.1, 0.15) is 5.54 Å². The Balaban J connectivity index is 0.000000490. The number of halogens is 1. The molecule has 1 rings (SSSR count). The lowest BCUT2D eigenvalue weighted by atomic mass is 9.79. The average Bonchev–Trinajstić information content (AvgIpc) is 1.61. The summed E-state index contributed by atoms with van der Waals surface area (Å²) < 4.78 is 0. The lowest BCUT2D eigenvalue weighted by Gasteiger charge is -2.29. The van der Waals surface area contributed by atoms with Crippen LogP contribution < -0.4 is 5.73 Å². The predicted molar refractivity (Wildman–Crippen MR) is 33.6 cm³/mol. The summed E-state index contributed by atoms with van der Waals surface area (Å²) in [5, 5.41) is 8.27. The first kappa shape index (κ1) is 7.74. The fourth-order valence-electron chi connectivity index (χ4n) is 0.669. The van der Waals surface area contributed by atoms with Gasteiger partial charge in [-0.1, -0.05) is 0 Å². The fourth-order valence-corrected chi connectivity index (χ4v) is 0.669. The van der Waals surface area contributed by atoms with E-state index in [-0.39, 0.29) is 12.4 Å². The van der Waals surface area contributed by atoms with Gasteiger partial charge in [0.2, 0.25) is 0 Å². The van der Waals surface area contributed by atoms with Gasteiger partial charge in [0.25, 0.3) is 0 Å². The van der Waals surface area contributed by atoms with Gasteiger partial charge in [-0.3, -0.25) is 0 Å². The van der Waals surface area contributed by atoms with Crippen LogP contribution in [-0.4, -0.2) is 5.54 Å². The largest absolute Gasteiger partial charge is 0.313 e. The minimum atomic E-state index is -0.431. The Morgan fingerprint density at radius 3 is 2.00 bits per heavy atom. The van der Waals surface area contributed by atoms with E-state index in [2.05, 4.69) is 6.07 Å². The van der Waals surface area contributed by atoms with Crippen molar-refractivity contribution in [2.24, 2.45) is 5.73 Å². The molecule has 0 saturated heterocycles. The molecule has 2 nitrogen and oxygen atoms in total. The highest BCUT2D eigenvalue weighted by molar-refractivity contribution is 5.85. The highest BCUT2D eigenvalue weighted by atomic mass is 35.5. The van der Waals surface area contributed by atoms with Crippen molar-refractivity contribution >= 4 is 12.4 Å². The van der Waals surface area contributed by atoms with Crippen LogP contribution in [0.2, 0.25) is 0 Å². The molecule has 0 heterocycles. The van der Waals surface area contributed by atoms with Gasteiger partial charge in [0.15, 0.2) is 0 Å². The van der Waals surface area contributed by atoms with E-state index in [1.807, 2.05) is 0 Å². The molecule has 0 aromatic rings. The van der Waals surface area contributed by atoms with Crippen molar-refractivity contribution in [2.45, 2.75) is 24.8 Å². The minimum Gasteiger partial charge on any atom is -0.313 e. The van der Waals surface area contributed by atoms with Crippen LogP contribution >= 0.6 is 12.4 Å². The van der Waals surface area contributed by atoms with Gasteiger partial charge in [-0.15, -0.1) is 12.4 Å². The SMILES string of the molecule is Cl.N#CC1(N)CCC1. The molecule has 1 aliphatic carbocycles. The molecular formula is C5H9ClN2. The Bertz CT molecular complexity index is 112. The highest BCUT2D eigenvalue weighted by Crippen LogP contribution is 2.27. The summed E-state index contributed by atoms with van der Waals surface area (Å²) in [5.74, 6) is 0. The van der Waals surface area contributed by atoms with Gasteiger partial charge in [0, 0.05) is 0 Å². The summed E-state index contributed by atoms with van der Waals surface area (Å²) in [4.78, 5) is 0. The molecule has 0 amide bonds. The Hall–Kier alpha value is -0.260. The Morgan fingerprint density at radius 1 is 1.50 bits per heavy atom. The molecule has 3 heteroatoms. The molecule has 0 aromatic heterocycles. The van der Waals surface area contributed by atoms with Gasteiger partial charge in [0.05, 0.1) is 6.07 Å². The van der Waals surface area contributed by atoms with Crippen molar-refractivity contribution in [1.82, 2.24) is 0 Å². The maximum Gasteiger partial charge on any atom is 0.104 e. The van der Waals surface area contributed by atoms with Crippen molar-refractivity contribution in [3.05, 3.63) is 0 Å². The summed E-state index contributed by atoms with van der Waals surface area (Å²) in [6, 6.07) is 2.06. The van der Waals surface area contributed by atoms with E-state index in [1.54, 1.807) is 0 Å². The average molecular weight is 133 g/mol. The maximum atomic E-state index is 8.27. The number of nitrogens with two attached hydrogens (primary N) is 1. The first-order chi connectivity index (χ1) is 3.27. The molecule has 0 bridgehead atoms. The molecule has 0 unspecified atom stereocenters. The predicted octanol–water partition coefficient (Wildman–Crippen LogP) is 0.813. The van der Waals surface area contributed by atoms with Crippen molar-refractivity contribution in [3.63, 3.8) is 0 Å². The van der Waals surface area contributed by atoms with Crippen molar-refractivity contribution < 1.29 is 0 Å². The zero-order valence-corrected chi connectivity index (χ0v) is 5.37. The first-order valence-electron chi connectivity index (χ1n) is 2.47. The standard InChI is InChI=1S/C5H8N2.ClH/c6-4-5(7)2-1-3-5;/h1-3,7H2;1H. The number of nitriles is 1. The third-order valence-electron chi connectivity index (χ3n) is 1.47. The number of hydrogen-bond acceptors (Lipinski definition) is 2. The normalized spacial score (nSPS) is 22.0. The summed E-state index contributed by atoms with van der Waals surface area (Å²) in [5.41, 5.74) is 5.01. The van der Waals surface area contributed by atoms with Gasteiger partial charge in [-0.2, -0.15) is 5.26 Å². The van der Waals surface area contributed by atoms with Gasteiger partial charge >= 0.3 is 0 Å². The Kier molecular flexibility index (Phi) is 2.26. The summed E-state index contributed by atoms with van der Waals surface area (Å²) >= 11 is 0. The van der Waals surface area contributed by atoms with Gasteiger partial charge < -0.3 is 5.73 Å². The van der Waals surface area contributed by atoms with Crippen molar-refractivity contribution in [2.75, 3.05) is 0 Å². The molecule has 0 atom stereocenters. The van der Waals surface area contributed by atoms with Crippen LogP contribution in [0.4, 0.5) is 0 Å². The molecule has 1 aliphatic rings. The lowest BCUT2D eigenvalue weighted by Crippen LogP contribution is -2.44. The zero-order chi connectivity index (χ0) is 5.33. The topological polar surface area (TPSA) is 49.8 Å². The van der Waals surface area contributed by atoms with Crippen LogP contribution in [0.5, 0.6) is 0 Å². The van der Waals surface area contributed by atoms with Gasteiger partial charge in [-0.05, 0) is 19.3 Å². The maximum absolute atomic E-state index is 8.27. The minimum absolute atomic E-state index is 0. The smallest absolute Gasteiger partial charge is 0.104 e. The third kappa shape index (κ3) is 1.12. The van der Waals surface area contributed by atoms with Crippen LogP contribution in [0.15, 0.2) is 0 Å². The molecule has 0 aromatic carbocycles. The van der Waals surface area contributed by atoms with E-state index >= 15 is 0 Å². The van der Waals surface area contributed by atoms with Crippen LogP contribution in [0.25, 0.3) is 0 Å². The van der Waals surface area contributed by atoms with Crippen LogP contribution in [0, 0.1) is 11.3 Å². The number of nitrogens with zero attached hydrogens (tertiary/aromatic N) is 1. The van der Waals surface area contributed by atoms with E-state index in [0.717, 1.165) is 19.3 Å². The summed E-state index contributed by atoms with van der Waals surface area (Å²) in [6.07, 6.45) is 2.91. The van der Waals surface area contributed by atoms with Crippen LogP contribution in [0.3, 0.4) is 0 Å². The molecule has 1 saturated carbocycles. The van der Waals surface area contributed by atoms with Crippen LogP contribution in [-0.2, 0) is 0 Å². The van der Waals surface area contributed by atoms with Crippen LogP contribution in [0.1, 0.15) is 19.3 Å². The Morgan fingerprint density at radius 2 is 2.00 bits per heavy atom. The molecule has 2 N–H and O–H groups in total. The summed E-state index contributed by atoms with van der Waals surface area (Å²) in [7, 11) is 0. The Labute approximate surface area is 55.1 Å². The molecule has 0 spiro atoms. The fraction of sp³-hybridized carbons (Fsp3) is 0.800. The zero-order valence-electron chi connectivity index (χ0n) is 4.55. The molecular weight excluding hydrogens is 124 g/mol. The second-order valence-corrected chi connectivity index (χ2v) is 2.12. The van der Waals surface area contributed by atoms with E-state index in [1.165, 1.54) is 0 Å². The van der Waals surface area contributed by atoms with Gasteiger partial charge in [-0.25, -0.2) is 0 Å². The number of rotatable bonds is 0. The quantitative estimate of drug-likeness (QED) is 0.531. The van der Waals surface area contributed by atoms with E-state index in [4.69, 9.17) is 11.0 Å². The molecule has 1 fully saturated rings. The van der Waals surface area contributed by atoms with Crippen molar-refractivity contribution in [1.29, 1.82) is 5.26 Å². The third-order valence-corrected chi connectivity index (χ3v) is 1.47. The number of hydrogen-bond donors (Lipinski definition) is 1. The second-order valence-electron chi connectivity index (χ2n) is 2.12. The van der Waals surface area contributed by atoms with Crippen molar-refractivity contribution in [3.8, 4) is 6.07 Å². The second kappa shape index (κ2) is 2.34. The summed E-state index contributed by atoms with van der Waals surface area (Å²) in [6.45, 7) is 0. The highest BCUT2D eigenvalue weighted by Gasteiger charge is 2.31. The molecule has 8 heavy (non-hydrogen) atoms. The van der Waals surface area contributed by atoms with E-state index in [9.17, 15) is 0 Å². The molecule has 0 aliphatic heterocycles. The first-order valence-corrected chi connectivity index (χ1v) is 2.47.